The van der Waals surface area contributed by atoms with Crippen LogP contribution in [0.15, 0.2) is 42.5 Å². The van der Waals surface area contributed by atoms with Gasteiger partial charge in [-0.15, -0.1) is 0 Å². The van der Waals surface area contributed by atoms with Crippen molar-refractivity contribution in [2.24, 2.45) is 0 Å². The van der Waals surface area contributed by atoms with Crippen LogP contribution in [0, 0.1) is 0 Å². The third-order valence-electron chi connectivity index (χ3n) is 3.12. The van der Waals surface area contributed by atoms with Gasteiger partial charge in [-0.3, -0.25) is 0 Å². The van der Waals surface area contributed by atoms with Crippen LogP contribution in [0.25, 0.3) is 0 Å². The van der Waals surface area contributed by atoms with Gasteiger partial charge in [0.15, 0.2) is 0 Å². The Morgan fingerprint density at radius 3 is 2.58 bits per heavy atom. The molecular formula is C14H13BO4. The van der Waals surface area contributed by atoms with E-state index in [0.717, 1.165) is 16.6 Å². The first-order valence-corrected chi connectivity index (χ1v) is 6.06. The predicted molar refractivity (Wildman–Crippen MR) is 71.3 cm³/mol. The van der Waals surface area contributed by atoms with Crippen molar-refractivity contribution in [2.75, 3.05) is 0 Å². The Morgan fingerprint density at radius 1 is 1.11 bits per heavy atom. The second-order valence-corrected chi connectivity index (χ2v) is 4.43. The van der Waals surface area contributed by atoms with Crippen LogP contribution < -0.4 is 10.2 Å². The van der Waals surface area contributed by atoms with Gasteiger partial charge in [-0.25, -0.2) is 0 Å². The molecule has 0 bridgehead atoms. The number of hydrogen-bond donors (Lipinski definition) is 2. The van der Waals surface area contributed by atoms with Crippen molar-refractivity contribution in [1.82, 2.24) is 0 Å². The van der Waals surface area contributed by atoms with E-state index in [1.54, 1.807) is 6.07 Å². The lowest BCUT2D eigenvalue weighted by molar-refractivity contribution is 0.275. The highest BCUT2D eigenvalue weighted by atomic mass is 16.5. The van der Waals surface area contributed by atoms with Crippen LogP contribution >= 0.6 is 0 Å². The lowest BCUT2D eigenvalue weighted by atomic mass is 9.80. The summed E-state index contributed by atoms with van der Waals surface area (Å²) in [6, 6.07) is 12.7. The Labute approximate surface area is 111 Å². The van der Waals surface area contributed by atoms with Gasteiger partial charge in [0, 0.05) is 0 Å². The van der Waals surface area contributed by atoms with Crippen LogP contribution in [0.3, 0.4) is 0 Å². The van der Waals surface area contributed by atoms with Gasteiger partial charge in [0.1, 0.15) is 11.5 Å². The first-order chi connectivity index (χ1) is 9.26. The lowest BCUT2D eigenvalue weighted by Gasteiger charge is -2.07. The average Bonchev–Trinajstić information content (AvgIpc) is 2.81. The quantitative estimate of drug-likeness (QED) is 0.810. The van der Waals surface area contributed by atoms with Crippen LogP contribution in [0.4, 0.5) is 0 Å². The second kappa shape index (κ2) is 5.05. The third kappa shape index (κ3) is 2.49. The maximum absolute atomic E-state index is 9.53. The first-order valence-electron chi connectivity index (χ1n) is 6.06. The molecule has 0 aromatic heterocycles. The zero-order valence-corrected chi connectivity index (χ0v) is 10.2. The lowest BCUT2D eigenvalue weighted by Crippen LogP contribution is -2.27. The topological polar surface area (TPSA) is 58.9 Å². The van der Waals surface area contributed by atoms with Crippen molar-refractivity contribution in [3.8, 4) is 11.5 Å². The Kier molecular flexibility index (Phi) is 3.25. The summed E-state index contributed by atoms with van der Waals surface area (Å²) in [5.74, 6) is 1.41. The van der Waals surface area contributed by atoms with Crippen molar-refractivity contribution >= 4 is 12.6 Å². The zero-order valence-electron chi connectivity index (χ0n) is 10.2. The van der Waals surface area contributed by atoms with Crippen molar-refractivity contribution in [3.63, 3.8) is 0 Å². The predicted octanol–water partition coefficient (Wildman–Crippen LogP) is 1.19. The van der Waals surface area contributed by atoms with Gasteiger partial charge in [0.2, 0.25) is 0 Å². The average molecular weight is 256 g/mol. The Hall–Kier alpha value is -1.82. The summed E-state index contributed by atoms with van der Waals surface area (Å²) in [5.41, 5.74) is 2.58. The van der Waals surface area contributed by atoms with Crippen LogP contribution in [-0.2, 0) is 17.9 Å². The molecule has 0 saturated heterocycles. The van der Waals surface area contributed by atoms with E-state index in [1.165, 1.54) is 0 Å². The van der Waals surface area contributed by atoms with Gasteiger partial charge in [-0.1, -0.05) is 18.2 Å². The van der Waals surface area contributed by atoms with E-state index < -0.39 is 7.12 Å². The summed E-state index contributed by atoms with van der Waals surface area (Å²) in [5, 5.41) is 18.5. The molecule has 96 valence electrons. The fourth-order valence-corrected chi connectivity index (χ4v) is 2.07. The number of aliphatic hydroxyl groups excluding tert-OH is 1. The van der Waals surface area contributed by atoms with Gasteiger partial charge in [0.25, 0.3) is 0 Å². The summed E-state index contributed by atoms with van der Waals surface area (Å²) in [6.45, 7) is 0.422. The molecule has 0 saturated carbocycles. The SMILES string of the molecule is OCc1ccc(Oc2ccc3c(c2)COB3O)cc1. The molecule has 0 aliphatic carbocycles. The molecule has 1 aliphatic rings. The molecule has 0 radical (unpaired) electrons. The maximum Gasteiger partial charge on any atom is 0.491 e. The summed E-state index contributed by atoms with van der Waals surface area (Å²) in [4.78, 5) is 0. The number of aliphatic hydroxyl groups is 1. The zero-order chi connectivity index (χ0) is 13.2. The number of hydrogen-bond acceptors (Lipinski definition) is 4. The molecule has 2 aromatic rings. The number of rotatable bonds is 3. The van der Waals surface area contributed by atoms with Gasteiger partial charge < -0.3 is 19.5 Å². The summed E-state index contributed by atoms with van der Waals surface area (Å²) < 4.78 is 10.9. The van der Waals surface area contributed by atoms with E-state index >= 15 is 0 Å². The standard InChI is InChI=1S/C14H13BO4/c16-8-10-1-3-12(4-2-10)19-13-5-6-14-11(7-13)9-18-15(14)17/h1-7,16-17H,8-9H2. The van der Waals surface area contributed by atoms with Crippen LogP contribution in [-0.4, -0.2) is 17.2 Å². The highest BCUT2D eigenvalue weighted by Crippen LogP contribution is 2.24. The fourth-order valence-electron chi connectivity index (χ4n) is 2.07. The van der Waals surface area contributed by atoms with E-state index in [0.29, 0.717) is 18.1 Å². The molecule has 0 unspecified atom stereocenters. The van der Waals surface area contributed by atoms with Crippen molar-refractivity contribution in [1.29, 1.82) is 0 Å². The minimum absolute atomic E-state index is 0.0222. The Bertz CT molecular complexity index is 582. The van der Waals surface area contributed by atoms with Crippen molar-refractivity contribution in [3.05, 3.63) is 53.6 Å². The van der Waals surface area contributed by atoms with Gasteiger partial charge in [-0.2, -0.15) is 0 Å². The van der Waals surface area contributed by atoms with Gasteiger partial charge in [-0.05, 0) is 40.9 Å². The second-order valence-electron chi connectivity index (χ2n) is 4.43. The Morgan fingerprint density at radius 2 is 1.84 bits per heavy atom. The number of ether oxygens (including phenoxy) is 1. The first kappa shape index (κ1) is 12.2. The highest BCUT2D eigenvalue weighted by molar-refractivity contribution is 6.61. The molecule has 0 atom stereocenters. The monoisotopic (exact) mass is 256 g/mol. The molecule has 2 aromatic carbocycles. The van der Waals surface area contributed by atoms with Gasteiger partial charge in [0.05, 0.1) is 13.2 Å². The molecule has 0 amide bonds. The maximum atomic E-state index is 9.53. The molecule has 0 fully saturated rings. The number of benzene rings is 2. The Balaban J connectivity index is 1.79. The van der Waals surface area contributed by atoms with E-state index in [4.69, 9.17) is 14.5 Å². The molecule has 1 aliphatic heterocycles. The van der Waals surface area contributed by atoms with Crippen molar-refractivity contribution < 1.29 is 19.5 Å². The molecule has 1 heterocycles. The fraction of sp³-hybridized carbons (Fsp3) is 0.143. The van der Waals surface area contributed by atoms with Crippen LogP contribution in [0.2, 0.25) is 0 Å². The van der Waals surface area contributed by atoms with Crippen LogP contribution in [0.1, 0.15) is 11.1 Å². The number of fused-ring (bicyclic) bond motifs is 1. The minimum atomic E-state index is -0.826. The van der Waals surface area contributed by atoms with E-state index in [9.17, 15) is 5.02 Å². The largest absolute Gasteiger partial charge is 0.491 e. The molecule has 4 nitrogen and oxygen atoms in total. The smallest absolute Gasteiger partial charge is 0.457 e. The molecule has 0 spiro atoms. The summed E-state index contributed by atoms with van der Waals surface area (Å²) in [6.07, 6.45) is 0. The van der Waals surface area contributed by atoms with Crippen LogP contribution in [0.5, 0.6) is 11.5 Å². The molecular weight excluding hydrogens is 243 g/mol. The summed E-state index contributed by atoms with van der Waals surface area (Å²) >= 11 is 0. The van der Waals surface area contributed by atoms with Gasteiger partial charge >= 0.3 is 7.12 Å². The third-order valence-corrected chi connectivity index (χ3v) is 3.12. The highest BCUT2D eigenvalue weighted by Gasteiger charge is 2.27. The van der Waals surface area contributed by atoms with E-state index in [2.05, 4.69) is 0 Å². The summed E-state index contributed by atoms with van der Waals surface area (Å²) in [7, 11) is -0.826. The molecule has 19 heavy (non-hydrogen) atoms. The molecule has 2 N–H and O–H groups in total. The minimum Gasteiger partial charge on any atom is -0.457 e. The van der Waals surface area contributed by atoms with E-state index in [-0.39, 0.29) is 6.61 Å². The van der Waals surface area contributed by atoms with Crippen molar-refractivity contribution in [2.45, 2.75) is 13.2 Å². The van der Waals surface area contributed by atoms with E-state index in [1.807, 2.05) is 36.4 Å². The normalized spacial score (nSPS) is 13.5. The molecule has 5 heteroatoms. The molecule has 3 rings (SSSR count).